The minimum Gasteiger partial charge on any atom is -0.496 e. The van der Waals surface area contributed by atoms with Crippen molar-refractivity contribution in [2.45, 2.75) is 25.8 Å². The van der Waals surface area contributed by atoms with Crippen molar-refractivity contribution < 1.29 is 24.2 Å². The lowest BCUT2D eigenvalue weighted by Crippen LogP contribution is -2.44. The Hall–Kier alpha value is -3.15. The molecule has 2 aromatic carbocycles. The third-order valence-electron chi connectivity index (χ3n) is 4.87. The van der Waals surface area contributed by atoms with Crippen LogP contribution in [-0.2, 0) is 22.4 Å². The van der Waals surface area contributed by atoms with Crippen LogP contribution in [0.2, 0.25) is 0 Å². The molecule has 0 spiro atoms. The highest BCUT2D eigenvalue weighted by Gasteiger charge is 2.35. The van der Waals surface area contributed by atoms with Crippen LogP contribution in [-0.4, -0.2) is 41.3 Å². The van der Waals surface area contributed by atoms with Gasteiger partial charge in [-0.1, -0.05) is 24.3 Å². The Morgan fingerprint density at radius 1 is 1.19 bits per heavy atom. The summed E-state index contributed by atoms with van der Waals surface area (Å²) in [4.78, 5) is 37.9. The molecule has 0 aromatic heterocycles. The predicted molar refractivity (Wildman–Crippen MR) is 98.9 cm³/mol. The molecule has 0 aliphatic carbocycles. The lowest BCUT2D eigenvalue weighted by Gasteiger charge is -2.35. The Labute approximate surface area is 157 Å². The van der Waals surface area contributed by atoms with E-state index in [2.05, 4.69) is 0 Å². The molecule has 0 saturated carbocycles. The molecule has 1 atom stereocenters. The van der Waals surface area contributed by atoms with Crippen LogP contribution < -0.4 is 4.74 Å². The van der Waals surface area contributed by atoms with Gasteiger partial charge < -0.3 is 14.7 Å². The maximum Gasteiger partial charge on any atom is 0.331 e. The highest BCUT2D eigenvalue weighted by molar-refractivity contribution is 5.95. The highest BCUT2D eigenvalue weighted by atomic mass is 16.5. The standard InChI is InChI=1S/C21H21NO5/c1-13(23)15-7-8-18(27-2)16(11-15)12-19(24)22-10-9-14-5-3-4-6-17(14)20(22)21(25)26/h3-8,11,20H,9-10,12H2,1-2H3,(H,25,26). The van der Waals surface area contributed by atoms with E-state index < -0.39 is 12.0 Å². The molecule has 1 aliphatic rings. The molecule has 1 aliphatic heterocycles. The number of hydrogen-bond acceptors (Lipinski definition) is 4. The minimum atomic E-state index is -1.06. The molecule has 2 aromatic rings. The van der Waals surface area contributed by atoms with Crippen LogP contribution in [0.4, 0.5) is 0 Å². The van der Waals surface area contributed by atoms with Crippen LogP contribution in [0.25, 0.3) is 0 Å². The molecule has 0 bridgehead atoms. The van der Waals surface area contributed by atoms with Crippen LogP contribution in [0.3, 0.4) is 0 Å². The summed E-state index contributed by atoms with van der Waals surface area (Å²) in [7, 11) is 1.49. The fourth-order valence-corrected chi connectivity index (χ4v) is 3.50. The second-order valence-electron chi connectivity index (χ2n) is 6.54. The molecule has 140 valence electrons. The molecule has 0 radical (unpaired) electrons. The first-order valence-corrected chi connectivity index (χ1v) is 8.70. The Balaban J connectivity index is 1.91. The first-order chi connectivity index (χ1) is 12.9. The number of nitrogens with zero attached hydrogens (tertiary/aromatic N) is 1. The molecule has 6 nitrogen and oxygen atoms in total. The Kier molecular flexibility index (Phi) is 5.26. The fourth-order valence-electron chi connectivity index (χ4n) is 3.50. The van der Waals surface area contributed by atoms with E-state index >= 15 is 0 Å². The van der Waals surface area contributed by atoms with Gasteiger partial charge in [0.2, 0.25) is 5.91 Å². The van der Waals surface area contributed by atoms with Crippen molar-refractivity contribution >= 4 is 17.7 Å². The number of aliphatic carboxylic acids is 1. The van der Waals surface area contributed by atoms with Gasteiger partial charge in [0.05, 0.1) is 13.5 Å². The molecule has 6 heteroatoms. The summed E-state index contributed by atoms with van der Waals surface area (Å²) in [5.41, 5.74) is 2.65. The van der Waals surface area contributed by atoms with E-state index in [1.807, 2.05) is 12.1 Å². The average Bonchev–Trinajstić information content (AvgIpc) is 2.66. The van der Waals surface area contributed by atoms with E-state index in [9.17, 15) is 19.5 Å². The van der Waals surface area contributed by atoms with Gasteiger partial charge in [-0.25, -0.2) is 4.79 Å². The van der Waals surface area contributed by atoms with Crippen LogP contribution in [0.15, 0.2) is 42.5 Å². The highest BCUT2D eigenvalue weighted by Crippen LogP contribution is 2.31. The molecular weight excluding hydrogens is 346 g/mol. The number of benzene rings is 2. The second-order valence-corrected chi connectivity index (χ2v) is 6.54. The van der Waals surface area contributed by atoms with Gasteiger partial charge in [-0.05, 0) is 42.7 Å². The van der Waals surface area contributed by atoms with E-state index in [1.54, 1.807) is 30.3 Å². The quantitative estimate of drug-likeness (QED) is 0.822. The number of carboxylic acid groups (broad SMARTS) is 1. The van der Waals surface area contributed by atoms with Gasteiger partial charge >= 0.3 is 5.97 Å². The Morgan fingerprint density at radius 3 is 2.59 bits per heavy atom. The molecule has 1 unspecified atom stereocenters. The number of carbonyl (C=O) groups is 3. The van der Waals surface area contributed by atoms with Crippen molar-refractivity contribution in [3.05, 3.63) is 64.7 Å². The van der Waals surface area contributed by atoms with Gasteiger partial charge in [-0.3, -0.25) is 9.59 Å². The zero-order chi connectivity index (χ0) is 19.6. The van der Waals surface area contributed by atoms with Gasteiger partial charge in [0.1, 0.15) is 5.75 Å². The largest absolute Gasteiger partial charge is 0.496 e. The summed E-state index contributed by atoms with van der Waals surface area (Å²) in [6, 6.07) is 11.2. The smallest absolute Gasteiger partial charge is 0.331 e. The first-order valence-electron chi connectivity index (χ1n) is 8.70. The molecular formula is C21H21NO5. The summed E-state index contributed by atoms with van der Waals surface area (Å²) >= 11 is 0. The molecule has 0 saturated heterocycles. The number of rotatable bonds is 5. The monoisotopic (exact) mass is 367 g/mol. The van der Waals surface area contributed by atoms with Crippen molar-refractivity contribution in [3.8, 4) is 5.75 Å². The van der Waals surface area contributed by atoms with E-state index in [0.717, 1.165) is 5.56 Å². The number of ether oxygens (including phenoxy) is 1. The zero-order valence-electron chi connectivity index (χ0n) is 15.3. The van der Waals surface area contributed by atoms with Crippen molar-refractivity contribution in [2.75, 3.05) is 13.7 Å². The first kappa shape index (κ1) is 18.6. The number of Topliss-reactive ketones (excluding diaryl/α,β-unsaturated/α-hetero) is 1. The number of ketones is 1. The number of carboxylic acids is 1. The predicted octanol–water partition coefficient (Wildman–Crippen LogP) is 2.65. The normalized spacial score (nSPS) is 15.8. The third kappa shape index (κ3) is 3.69. The fraction of sp³-hybridized carbons (Fsp3) is 0.286. The van der Waals surface area contributed by atoms with Crippen LogP contribution >= 0.6 is 0 Å². The lowest BCUT2D eigenvalue weighted by atomic mass is 9.92. The van der Waals surface area contributed by atoms with E-state index in [-0.39, 0.29) is 18.1 Å². The maximum absolute atomic E-state index is 13.0. The van der Waals surface area contributed by atoms with Crippen LogP contribution in [0, 0.1) is 0 Å². The summed E-state index contributed by atoms with van der Waals surface area (Å²) in [5.74, 6) is -0.977. The average molecular weight is 367 g/mol. The molecule has 3 rings (SSSR count). The number of fused-ring (bicyclic) bond motifs is 1. The molecule has 27 heavy (non-hydrogen) atoms. The van der Waals surface area contributed by atoms with Crippen LogP contribution in [0.1, 0.15) is 40.0 Å². The topological polar surface area (TPSA) is 83.9 Å². The molecule has 1 N–H and O–H groups in total. The summed E-state index contributed by atoms with van der Waals surface area (Å²) < 4.78 is 5.30. The van der Waals surface area contributed by atoms with E-state index in [4.69, 9.17) is 4.74 Å². The maximum atomic E-state index is 13.0. The number of hydrogen-bond donors (Lipinski definition) is 1. The number of carbonyl (C=O) groups excluding carboxylic acids is 2. The SMILES string of the molecule is COc1ccc(C(C)=O)cc1CC(=O)N1CCc2ccccc2C1C(=O)O. The molecule has 1 heterocycles. The van der Waals surface area contributed by atoms with E-state index in [1.165, 1.54) is 18.9 Å². The molecule has 0 fully saturated rings. The van der Waals surface area contributed by atoms with Crippen molar-refractivity contribution in [3.63, 3.8) is 0 Å². The van der Waals surface area contributed by atoms with Crippen molar-refractivity contribution in [1.82, 2.24) is 4.90 Å². The Bertz CT molecular complexity index is 905. The summed E-state index contributed by atoms with van der Waals surface area (Å²) in [6.45, 7) is 1.79. The number of methoxy groups -OCH3 is 1. The van der Waals surface area contributed by atoms with E-state index in [0.29, 0.717) is 35.4 Å². The zero-order valence-corrected chi connectivity index (χ0v) is 15.3. The van der Waals surface area contributed by atoms with Gasteiger partial charge in [-0.15, -0.1) is 0 Å². The summed E-state index contributed by atoms with van der Waals surface area (Å²) in [5, 5.41) is 9.72. The minimum absolute atomic E-state index is 0.0315. The van der Waals surface area contributed by atoms with Gasteiger partial charge in [0.15, 0.2) is 11.8 Å². The second kappa shape index (κ2) is 7.61. The summed E-state index contributed by atoms with van der Waals surface area (Å²) in [6.07, 6.45) is 0.576. The van der Waals surface area contributed by atoms with Gasteiger partial charge in [-0.2, -0.15) is 0 Å². The van der Waals surface area contributed by atoms with Crippen molar-refractivity contribution in [1.29, 1.82) is 0 Å². The molecule has 1 amide bonds. The third-order valence-corrected chi connectivity index (χ3v) is 4.87. The Morgan fingerprint density at radius 2 is 1.93 bits per heavy atom. The van der Waals surface area contributed by atoms with Crippen molar-refractivity contribution in [2.24, 2.45) is 0 Å². The van der Waals surface area contributed by atoms with Gasteiger partial charge in [0.25, 0.3) is 0 Å². The lowest BCUT2D eigenvalue weighted by molar-refractivity contribution is -0.151. The van der Waals surface area contributed by atoms with Crippen LogP contribution in [0.5, 0.6) is 5.75 Å². The number of amides is 1. The van der Waals surface area contributed by atoms with Gasteiger partial charge in [0, 0.05) is 17.7 Å².